The van der Waals surface area contributed by atoms with Crippen LogP contribution in [0.2, 0.25) is 0 Å². The summed E-state index contributed by atoms with van der Waals surface area (Å²) in [4.78, 5) is 33.8. The molecule has 1 aromatic carbocycles. The second-order valence-electron chi connectivity index (χ2n) is 7.88. The van der Waals surface area contributed by atoms with Crippen LogP contribution in [0.3, 0.4) is 0 Å². The number of hydrogen-bond donors (Lipinski definition) is 0. The van der Waals surface area contributed by atoms with Crippen LogP contribution >= 0.6 is 0 Å². The second-order valence-corrected chi connectivity index (χ2v) is 7.88. The third-order valence-electron chi connectivity index (χ3n) is 5.75. The Bertz CT molecular complexity index is 1090. The number of carbonyl (C=O) groups is 1. The number of nitrogens with zero attached hydrogens (tertiary/aromatic N) is 6. The first kappa shape index (κ1) is 20.3. The van der Waals surface area contributed by atoms with Gasteiger partial charge in [-0.1, -0.05) is 12.1 Å². The molecule has 1 aliphatic heterocycles. The normalized spacial score (nSPS) is 15.1. The lowest BCUT2D eigenvalue weighted by Crippen LogP contribution is -2.49. The molecule has 0 radical (unpaired) electrons. The fraction of sp³-hybridized carbons (Fsp3) is 0.455. The molecule has 1 aliphatic rings. The van der Waals surface area contributed by atoms with Crippen LogP contribution in [0.4, 0.5) is 0 Å². The predicted octanol–water partition coefficient (Wildman–Crippen LogP) is 1.44. The van der Waals surface area contributed by atoms with E-state index in [0.29, 0.717) is 23.9 Å². The third-order valence-corrected chi connectivity index (χ3v) is 5.75. The molecule has 0 aliphatic carbocycles. The first-order valence-electron chi connectivity index (χ1n) is 10.5. The zero-order valence-electron chi connectivity index (χ0n) is 17.6. The summed E-state index contributed by atoms with van der Waals surface area (Å²) in [5.74, 6) is 0.0910. The van der Waals surface area contributed by atoms with Gasteiger partial charge >= 0.3 is 0 Å². The number of aromatic nitrogens is 4. The van der Waals surface area contributed by atoms with Gasteiger partial charge in [-0.15, -0.1) is 0 Å². The van der Waals surface area contributed by atoms with Crippen LogP contribution in [0, 0.1) is 13.8 Å². The molecule has 3 aromatic rings. The summed E-state index contributed by atoms with van der Waals surface area (Å²) in [6, 6.07) is 9.37. The fourth-order valence-corrected chi connectivity index (χ4v) is 4.00. The Morgan fingerprint density at radius 1 is 1.03 bits per heavy atom. The zero-order chi connectivity index (χ0) is 21.1. The Morgan fingerprint density at radius 3 is 2.53 bits per heavy atom. The lowest BCUT2D eigenvalue weighted by atomic mass is 10.2. The Balaban J connectivity index is 1.26. The molecule has 0 N–H and O–H groups in total. The van der Waals surface area contributed by atoms with Crippen molar-refractivity contribution in [3.8, 4) is 0 Å². The molecule has 30 heavy (non-hydrogen) atoms. The molecule has 0 unspecified atom stereocenters. The number of rotatable bonds is 6. The van der Waals surface area contributed by atoms with Gasteiger partial charge in [0.1, 0.15) is 0 Å². The van der Waals surface area contributed by atoms with Crippen molar-refractivity contribution in [2.45, 2.75) is 33.4 Å². The molecule has 0 saturated carbocycles. The maximum atomic E-state index is 12.6. The number of piperazine rings is 1. The highest BCUT2D eigenvalue weighted by atomic mass is 16.2. The highest BCUT2D eigenvalue weighted by Crippen LogP contribution is 2.08. The minimum absolute atomic E-state index is 0.0910. The molecule has 1 amide bonds. The number of benzene rings is 1. The molecular formula is C22H28N6O2. The third kappa shape index (κ3) is 4.43. The number of amides is 1. The molecular weight excluding hydrogens is 380 g/mol. The van der Waals surface area contributed by atoms with Crippen molar-refractivity contribution in [3.05, 3.63) is 58.4 Å². The molecule has 2 aromatic heterocycles. The summed E-state index contributed by atoms with van der Waals surface area (Å²) in [5.41, 5.74) is 2.81. The van der Waals surface area contributed by atoms with Crippen LogP contribution in [0.1, 0.15) is 17.8 Å². The van der Waals surface area contributed by atoms with Crippen molar-refractivity contribution in [1.29, 1.82) is 0 Å². The van der Waals surface area contributed by atoms with Crippen molar-refractivity contribution in [1.82, 2.24) is 29.1 Å². The molecule has 1 fully saturated rings. The smallest absolute Gasteiger partial charge is 0.261 e. The largest absolute Gasteiger partial charge is 0.340 e. The van der Waals surface area contributed by atoms with Gasteiger partial charge in [-0.3, -0.25) is 23.7 Å². The van der Waals surface area contributed by atoms with E-state index in [4.69, 9.17) is 0 Å². The maximum Gasteiger partial charge on any atom is 0.261 e. The van der Waals surface area contributed by atoms with E-state index in [1.54, 1.807) is 6.07 Å². The summed E-state index contributed by atoms with van der Waals surface area (Å²) in [5, 5.41) is 5.10. The summed E-state index contributed by atoms with van der Waals surface area (Å²) in [6.45, 7) is 9.41. The number of para-hydroxylation sites is 1. The van der Waals surface area contributed by atoms with Crippen LogP contribution < -0.4 is 5.56 Å². The van der Waals surface area contributed by atoms with Crippen molar-refractivity contribution < 1.29 is 4.79 Å². The van der Waals surface area contributed by atoms with E-state index >= 15 is 0 Å². The van der Waals surface area contributed by atoms with Crippen LogP contribution in [0.25, 0.3) is 10.9 Å². The van der Waals surface area contributed by atoms with E-state index < -0.39 is 0 Å². The monoisotopic (exact) mass is 408 g/mol. The standard InChI is InChI=1S/C22H28N6O2/c1-17-15-18(2)28(24-17)14-11-25-9-12-26(13-10-25)21(29)7-8-27-16-23-20-6-4-3-5-19(20)22(27)30/h3-6,15-16H,7-14H2,1-2H3. The maximum absolute atomic E-state index is 12.6. The van der Waals surface area contributed by atoms with E-state index in [9.17, 15) is 9.59 Å². The van der Waals surface area contributed by atoms with Crippen LogP contribution in [0.15, 0.2) is 41.5 Å². The van der Waals surface area contributed by atoms with Gasteiger partial charge in [0.25, 0.3) is 5.56 Å². The van der Waals surface area contributed by atoms with Gasteiger partial charge in [0, 0.05) is 51.4 Å². The highest BCUT2D eigenvalue weighted by Gasteiger charge is 2.21. The van der Waals surface area contributed by atoms with Gasteiger partial charge in [0.2, 0.25) is 5.91 Å². The summed E-state index contributed by atoms with van der Waals surface area (Å²) >= 11 is 0. The van der Waals surface area contributed by atoms with Gasteiger partial charge in [-0.25, -0.2) is 4.98 Å². The molecule has 1 saturated heterocycles. The minimum Gasteiger partial charge on any atom is -0.340 e. The van der Waals surface area contributed by atoms with Crippen molar-refractivity contribution in [3.63, 3.8) is 0 Å². The Morgan fingerprint density at radius 2 is 1.80 bits per heavy atom. The van der Waals surface area contributed by atoms with Crippen LogP contribution in [-0.4, -0.2) is 67.8 Å². The van der Waals surface area contributed by atoms with Gasteiger partial charge in [0.15, 0.2) is 0 Å². The van der Waals surface area contributed by atoms with Crippen molar-refractivity contribution in [2.24, 2.45) is 0 Å². The number of hydrogen-bond acceptors (Lipinski definition) is 5. The molecule has 8 nitrogen and oxygen atoms in total. The summed E-state index contributed by atoms with van der Waals surface area (Å²) in [6.07, 6.45) is 1.85. The van der Waals surface area contributed by atoms with Gasteiger partial charge in [-0.2, -0.15) is 5.10 Å². The zero-order valence-corrected chi connectivity index (χ0v) is 17.6. The first-order valence-corrected chi connectivity index (χ1v) is 10.5. The van der Waals surface area contributed by atoms with Gasteiger partial charge in [-0.05, 0) is 32.0 Å². The Labute approximate surface area is 175 Å². The average molecular weight is 409 g/mol. The van der Waals surface area contributed by atoms with E-state index in [2.05, 4.69) is 28.0 Å². The Kier molecular flexibility index (Phi) is 5.94. The molecule has 4 rings (SSSR count). The Hall–Kier alpha value is -3.00. The molecule has 8 heteroatoms. The fourth-order valence-electron chi connectivity index (χ4n) is 4.00. The number of carbonyl (C=O) groups excluding carboxylic acids is 1. The van der Waals surface area contributed by atoms with Gasteiger partial charge < -0.3 is 4.90 Å². The van der Waals surface area contributed by atoms with Gasteiger partial charge in [0.05, 0.1) is 29.5 Å². The molecule has 0 spiro atoms. The number of fused-ring (bicyclic) bond motifs is 1. The second kappa shape index (κ2) is 8.79. The van der Waals surface area contributed by atoms with Crippen molar-refractivity contribution >= 4 is 16.8 Å². The topological polar surface area (TPSA) is 76.3 Å². The molecule has 3 heterocycles. The minimum atomic E-state index is -0.0950. The highest BCUT2D eigenvalue weighted by molar-refractivity contribution is 5.77. The lowest BCUT2D eigenvalue weighted by Gasteiger charge is -2.34. The van der Waals surface area contributed by atoms with E-state index in [-0.39, 0.29) is 11.5 Å². The summed E-state index contributed by atoms with van der Waals surface area (Å²) in [7, 11) is 0. The van der Waals surface area contributed by atoms with E-state index in [1.807, 2.05) is 34.7 Å². The molecule has 0 bridgehead atoms. The van der Waals surface area contributed by atoms with Crippen molar-refractivity contribution in [2.75, 3.05) is 32.7 Å². The predicted molar refractivity (Wildman–Crippen MR) is 115 cm³/mol. The molecule has 158 valence electrons. The SMILES string of the molecule is Cc1cc(C)n(CCN2CCN(C(=O)CCn3cnc4ccccc4c3=O)CC2)n1. The molecule has 0 atom stereocenters. The van der Waals surface area contributed by atoms with Crippen LogP contribution in [-0.2, 0) is 17.9 Å². The quantitative estimate of drug-likeness (QED) is 0.617. The lowest BCUT2D eigenvalue weighted by molar-refractivity contribution is -0.133. The summed E-state index contributed by atoms with van der Waals surface area (Å²) < 4.78 is 3.58. The number of aryl methyl sites for hydroxylation is 3. The van der Waals surface area contributed by atoms with E-state index in [0.717, 1.165) is 45.0 Å². The van der Waals surface area contributed by atoms with E-state index in [1.165, 1.54) is 16.6 Å². The average Bonchev–Trinajstić information content (AvgIpc) is 3.09. The first-order chi connectivity index (χ1) is 14.5. The van der Waals surface area contributed by atoms with Crippen LogP contribution in [0.5, 0.6) is 0 Å².